The highest BCUT2D eigenvalue weighted by Gasteiger charge is 2.11. The van der Waals surface area contributed by atoms with E-state index in [-0.39, 0.29) is 0 Å². The normalized spacial score (nSPS) is 11.1. The Labute approximate surface area is 171 Å². The number of hydrogen-bond donors (Lipinski definition) is 2. The number of nitrogens with zero attached hydrogens (tertiary/aromatic N) is 4. The van der Waals surface area contributed by atoms with Crippen LogP contribution < -0.4 is 10.5 Å². The zero-order valence-corrected chi connectivity index (χ0v) is 16.0. The van der Waals surface area contributed by atoms with Gasteiger partial charge in [-0.2, -0.15) is 0 Å². The van der Waals surface area contributed by atoms with Gasteiger partial charge in [0, 0.05) is 18.0 Å². The molecule has 2 aromatic carbocycles. The van der Waals surface area contributed by atoms with E-state index in [4.69, 9.17) is 15.2 Å². The topological polar surface area (TPSA) is 108 Å². The first-order chi connectivity index (χ1) is 14.7. The molecule has 0 atom stereocenters. The number of ether oxygens (including phenoxy) is 2. The SMILES string of the molecule is NCCOCCOc1cccc2ccc(-c3cn(-c4ccc(O)c(F)c4)nn3)nc12. The molecule has 0 unspecified atom stereocenters. The molecule has 2 heterocycles. The number of phenolic OH excluding ortho intramolecular Hbond substituents is 1. The highest BCUT2D eigenvalue weighted by Crippen LogP contribution is 2.27. The smallest absolute Gasteiger partial charge is 0.166 e. The van der Waals surface area contributed by atoms with E-state index in [0.29, 0.717) is 54.7 Å². The molecule has 0 fully saturated rings. The predicted octanol–water partition coefficient (Wildman–Crippen LogP) is 2.68. The fourth-order valence-electron chi connectivity index (χ4n) is 2.92. The summed E-state index contributed by atoms with van der Waals surface area (Å²) in [5, 5.41) is 18.4. The molecule has 8 nitrogen and oxygen atoms in total. The van der Waals surface area contributed by atoms with Crippen molar-refractivity contribution < 1.29 is 19.0 Å². The van der Waals surface area contributed by atoms with Crippen LogP contribution in [-0.4, -0.2) is 51.4 Å². The molecule has 9 heteroatoms. The quantitative estimate of drug-likeness (QED) is 0.431. The second kappa shape index (κ2) is 8.85. The van der Waals surface area contributed by atoms with Crippen LogP contribution in [0.1, 0.15) is 0 Å². The Balaban J connectivity index is 1.59. The molecule has 0 saturated carbocycles. The van der Waals surface area contributed by atoms with Crippen molar-refractivity contribution in [2.45, 2.75) is 0 Å². The number of fused-ring (bicyclic) bond motifs is 1. The maximum absolute atomic E-state index is 13.6. The number of aromatic hydroxyl groups is 1. The predicted molar refractivity (Wildman–Crippen MR) is 109 cm³/mol. The summed E-state index contributed by atoms with van der Waals surface area (Å²) in [5.41, 5.74) is 7.65. The van der Waals surface area contributed by atoms with E-state index in [9.17, 15) is 9.50 Å². The lowest BCUT2D eigenvalue weighted by atomic mass is 10.1. The highest BCUT2D eigenvalue weighted by molar-refractivity contribution is 5.86. The number of pyridine rings is 1. The monoisotopic (exact) mass is 409 g/mol. The Kier molecular flexibility index (Phi) is 5.82. The highest BCUT2D eigenvalue weighted by atomic mass is 19.1. The van der Waals surface area contributed by atoms with Gasteiger partial charge in [-0.3, -0.25) is 0 Å². The van der Waals surface area contributed by atoms with E-state index >= 15 is 0 Å². The molecular weight excluding hydrogens is 389 g/mol. The standard InChI is InChI=1S/C21H20FN5O3/c22-16-12-15(5-7-19(16)28)27-13-18(25-26-27)17-6-4-14-2-1-3-20(21(14)24-17)30-11-10-29-9-8-23/h1-7,12-13,28H,8-11,23H2. The summed E-state index contributed by atoms with van der Waals surface area (Å²) < 4.78 is 26.2. The molecule has 0 saturated heterocycles. The maximum Gasteiger partial charge on any atom is 0.166 e. The summed E-state index contributed by atoms with van der Waals surface area (Å²) in [6, 6.07) is 13.4. The van der Waals surface area contributed by atoms with Crippen LogP contribution in [0.4, 0.5) is 4.39 Å². The Morgan fingerprint density at radius 3 is 2.77 bits per heavy atom. The molecule has 154 valence electrons. The largest absolute Gasteiger partial charge is 0.505 e. The van der Waals surface area contributed by atoms with Crippen molar-refractivity contribution >= 4 is 10.9 Å². The van der Waals surface area contributed by atoms with Gasteiger partial charge in [-0.15, -0.1) is 5.10 Å². The van der Waals surface area contributed by atoms with E-state index in [1.807, 2.05) is 30.3 Å². The van der Waals surface area contributed by atoms with Crippen LogP contribution in [0, 0.1) is 5.82 Å². The number of benzene rings is 2. The van der Waals surface area contributed by atoms with Crippen LogP contribution in [0.5, 0.6) is 11.5 Å². The molecule has 0 radical (unpaired) electrons. The third-order valence-electron chi connectivity index (χ3n) is 4.38. The van der Waals surface area contributed by atoms with Crippen molar-refractivity contribution in [3.05, 3.63) is 60.5 Å². The second-order valence-electron chi connectivity index (χ2n) is 6.46. The van der Waals surface area contributed by atoms with Crippen molar-refractivity contribution in [2.24, 2.45) is 5.73 Å². The minimum Gasteiger partial charge on any atom is -0.505 e. The van der Waals surface area contributed by atoms with Crippen LogP contribution in [0.25, 0.3) is 28.0 Å². The third-order valence-corrected chi connectivity index (χ3v) is 4.38. The fourth-order valence-corrected chi connectivity index (χ4v) is 2.92. The Hall–Kier alpha value is -3.56. The summed E-state index contributed by atoms with van der Waals surface area (Å²) in [4.78, 5) is 4.68. The fraction of sp³-hybridized carbons (Fsp3) is 0.190. The van der Waals surface area contributed by atoms with Crippen molar-refractivity contribution in [3.63, 3.8) is 0 Å². The average Bonchev–Trinajstić information content (AvgIpc) is 3.25. The summed E-state index contributed by atoms with van der Waals surface area (Å²) in [5.74, 6) is -0.513. The first kappa shape index (κ1) is 19.7. The maximum atomic E-state index is 13.6. The van der Waals surface area contributed by atoms with Gasteiger partial charge in [-0.1, -0.05) is 23.4 Å². The van der Waals surface area contributed by atoms with Gasteiger partial charge < -0.3 is 20.3 Å². The second-order valence-corrected chi connectivity index (χ2v) is 6.46. The average molecular weight is 409 g/mol. The number of rotatable bonds is 8. The minimum absolute atomic E-state index is 0.383. The molecule has 4 rings (SSSR count). The number of para-hydroxylation sites is 1. The lowest BCUT2D eigenvalue weighted by Gasteiger charge is -2.09. The number of hydrogen-bond acceptors (Lipinski definition) is 7. The van der Waals surface area contributed by atoms with E-state index in [0.717, 1.165) is 5.39 Å². The van der Waals surface area contributed by atoms with E-state index < -0.39 is 11.6 Å². The molecule has 0 aliphatic rings. The third kappa shape index (κ3) is 4.22. The summed E-state index contributed by atoms with van der Waals surface area (Å²) in [6.07, 6.45) is 1.64. The number of aromatic nitrogens is 4. The molecule has 3 N–H and O–H groups in total. The van der Waals surface area contributed by atoms with Gasteiger partial charge in [-0.05, 0) is 24.3 Å². The molecule has 2 aromatic heterocycles. The molecule has 0 spiro atoms. The molecule has 0 amide bonds. The molecule has 0 aliphatic carbocycles. The van der Waals surface area contributed by atoms with Crippen molar-refractivity contribution in [3.8, 4) is 28.6 Å². The Bertz CT molecular complexity index is 1160. The van der Waals surface area contributed by atoms with Crippen LogP contribution in [0.2, 0.25) is 0 Å². The summed E-state index contributed by atoms with van der Waals surface area (Å²) in [6.45, 7) is 1.77. The summed E-state index contributed by atoms with van der Waals surface area (Å²) in [7, 11) is 0. The number of halogens is 1. The van der Waals surface area contributed by atoms with Crippen molar-refractivity contribution in [2.75, 3.05) is 26.4 Å². The van der Waals surface area contributed by atoms with Crippen LogP contribution in [0.15, 0.2) is 54.7 Å². The zero-order valence-electron chi connectivity index (χ0n) is 16.0. The van der Waals surface area contributed by atoms with E-state index in [1.165, 1.54) is 16.8 Å². The molecule has 0 aliphatic heterocycles. The number of phenols is 1. The van der Waals surface area contributed by atoms with Crippen LogP contribution >= 0.6 is 0 Å². The van der Waals surface area contributed by atoms with E-state index in [1.54, 1.807) is 12.3 Å². The van der Waals surface area contributed by atoms with Gasteiger partial charge in [0.15, 0.2) is 11.6 Å². The van der Waals surface area contributed by atoms with Gasteiger partial charge in [0.05, 0.1) is 30.8 Å². The first-order valence-electron chi connectivity index (χ1n) is 9.38. The van der Waals surface area contributed by atoms with Crippen molar-refractivity contribution in [1.29, 1.82) is 0 Å². The Morgan fingerprint density at radius 1 is 1.03 bits per heavy atom. The lowest BCUT2D eigenvalue weighted by Crippen LogP contribution is -2.13. The van der Waals surface area contributed by atoms with Crippen LogP contribution in [-0.2, 0) is 4.74 Å². The lowest BCUT2D eigenvalue weighted by molar-refractivity contribution is 0.106. The van der Waals surface area contributed by atoms with Crippen LogP contribution in [0.3, 0.4) is 0 Å². The molecule has 30 heavy (non-hydrogen) atoms. The first-order valence-corrected chi connectivity index (χ1v) is 9.38. The molecular formula is C21H20FN5O3. The molecule has 0 bridgehead atoms. The van der Waals surface area contributed by atoms with Crippen molar-refractivity contribution in [1.82, 2.24) is 20.0 Å². The number of nitrogens with two attached hydrogens (primary N) is 1. The zero-order chi connectivity index (χ0) is 20.9. The van der Waals surface area contributed by atoms with Gasteiger partial charge in [0.25, 0.3) is 0 Å². The van der Waals surface area contributed by atoms with E-state index in [2.05, 4.69) is 15.3 Å². The van der Waals surface area contributed by atoms with Gasteiger partial charge >= 0.3 is 0 Å². The summed E-state index contributed by atoms with van der Waals surface area (Å²) >= 11 is 0. The van der Waals surface area contributed by atoms with Gasteiger partial charge in [0.1, 0.15) is 23.6 Å². The Morgan fingerprint density at radius 2 is 1.93 bits per heavy atom. The van der Waals surface area contributed by atoms with Gasteiger partial charge in [-0.25, -0.2) is 14.1 Å². The minimum atomic E-state index is -0.731. The van der Waals surface area contributed by atoms with Gasteiger partial charge in [0.2, 0.25) is 0 Å². The molecule has 4 aromatic rings.